The van der Waals surface area contributed by atoms with Gasteiger partial charge in [0.2, 0.25) is 0 Å². The first-order valence-electron chi connectivity index (χ1n) is 7.95. The highest BCUT2D eigenvalue weighted by atomic mass is 16.4. The summed E-state index contributed by atoms with van der Waals surface area (Å²) in [6.45, 7) is 5.10. The topological polar surface area (TPSA) is 106 Å². The minimum absolute atomic E-state index is 0.195. The molecule has 132 valence electrons. The monoisotopic (exact) mass is 342 g/mol. The number of hydrogen-bond donors (Lipinski definition) is 3. The molecule has 0 aliphatic heterocycles. The molecule has 0 saturated heterocycles. The molecule has 3 rings (SSSR count). The molecule has 6 heteroatoms. The molecule has 0 unspecified atom stereocenters. The first-order valence-corrected chi connectivity index (χ1v) is 7.95. The van der Waals surface area contributed by atoms with Crippen molar-refractivity contribution in [3.8, 4) is 11.3 Å². The van der Waals surface area contributed by atoms with E-state index >= 15 is 0 Å². The Balaban J connectivity index is 0.000000242. The van der Waals surface area contributed by atoms with Gasteiger partial charge in [-0.05, 0) is 37.1 Å². The summed E-state index contributed by atoms with van der Waals surface area (Å²) in [6.07, 6.45) is 4.35. The first-order chi connectivity index (χ1) is 11.8. The van der Waals surface area contributed by atoms with Crippen LogP contribution in [-0.2, 0) is 22.6 Å². The van der Waals surface area contributed by atoms with E-state index in [0.717, 1.165) is 13.0 Å². The molecular weight excluding hydrogens is 320 g/mol. The Labute approximate surface area is 146 Å². The number of rotatable bonds is 4. The van der Waals surface area contributed by atoms with Gasteiger partial charge >= 0.3 is 11.9 Å². The van der Waals surface area contributed by atoms with Crippen molar-refractivity contribution in [1.29, 1.82) is 0 Å². The number of nitrogens with two attached hydrogens (primary N) is 1. The molecule has 1 heterocycles. The van der Waals surface area contributed by atoms with Crippen molar-refractivity contribution in [2.75, 3.05) is 0 Å². The molecule has 1 aliphatic rings. The molecule has 0 bridgehead atoms. The van der Waals surface area contributed by atoms with E-state index in [1.165, 1.54) is 27.9 Å². The average molecular weight is 342 g/mol. The van der Waals surface area contributed by atoms with Crippen molar-refractivity contribution in [3.63, 3.8) is 0 Å². The van der Waals surface area contributed by atoms with Crippen molar-refractivity contribution in [2.24, 2.45) is 5.73 Å². The van der Waals surface area contributed by atoms with Gasteiger partial charge in [-0.2, -0.15) is 0 Å². The lowest BCUT2D eigenvalue weighted by Gasteiger charge is -2.12. The molecule has 4 N–H and O–H groups in total. The maximum absolute atomic E-state index is 9.55. The third-order valence-corrected chi connectivity index (χ3v) is 3.80. The van der Waals surface area contributed by atoms with Gasteiger partial charge in [-0.25, -0.2) is 9.59 Å². The molecule has 6 nitrogen and oxygen atoms in total. The lowest BCUT2D eigenvalue weighted by Crippen LogP contribution is -2.22. The Morgan fingerprint density at radius 3 is 2.40 bits per heavy atom. The van der Waals surface area contributed by atoms with Crippen LogP contribution in [0.15, 0.2) is 42.6 Å². The molecule has 0 saturated carbocycles. The highest BCUT2D eigenvalue weighted by Gasteiger charge is 2.22. The van der Waals surface area contributed by atoms with Crippen LogP contribution in [0.2, 0.25) is 0 Å². The molecule has 1 aliphatic carbocycles. The Morgan fingerprint density at radius 2 is 1.84 bits per heavy atom. The van der Waals surface area contributed by atoms with Crippen molar-refractivity contribution >= 4 is 11.9 Å². The van der Waals surface area contributed by atoms with E-state index < -0.39 is 11.9 Å². The van der Waals surface area contributed by atoms with Crippen molar-refractivity contribution in [1.82, 2.24) is 4.57 Å². The van der Waals surface area contributed by atoms with Crippen molar-refractivity contribution in [2.45, 2.75) is 32.9 Å². The summed E-state index contributed by atoms with van der Waals surface area (Å²) in [5.41, 5.74) is 12.9. The second-order valence-electron chi connectivity index (χ2n) is 6.17. The number of aromatic nitrogens is 1. The van der Waals surface area contributed by atoms with Gasteiger partial charge in [0.1, 0.15) is 0 Å². The zero-order valence-electron chi connectivity index (χ0n) is 14.3. The van der Waals surface area contributed by atoms with Gasteiger partial charge in [0, 0.05) is 42.9 Å². The van der Waals surface area contributed by atoms with Gasteiger partial charge in [-0.3, -0.25) is 0 Å². The van der Waals surface area contributed by atoms with E-state index in [9.17, 15) is 9.59 Å². The molecule has 0 spiro atoms. The van der Waals surface area contributed by atoms with Crippen LogP contribution in [-0.4, -0.2) is 32.8 Å². The number of nitrogens with zero attached hydrogens (tertiary/aromatic N) is 1. The summed E-state index contributed by atoms with van der Waals surface area (Å²) < 4.78 is 2.30. The number of carboxylic acid groups (broad SMARTS) is 2. The maximum Gasteiger partial charge on any atom is 0.328 e. The highest BCUT2D eigenvalue weighted by molar-refractivity contribution is 5.89. The Bertz CT molecular complexity index is 803. The van der Waals surface area contributed by atoms with E-state index in [2.05, 4.69) is 48.9 Å². The molecule has 25 heavy (non-hydrogen) atoms. The Kier molecular flexibility index (Phi) is 5.77. The van der Waals surface area contributed by atoms with Crippen LogP contribution in [0.3, 0.4) is 0 Å². The minimum atomic E-state index is -1.26. The predicted molar refractivity (Wildman–Crippen MR) is 95.5 cm³/mol. The van der Waals surface area contributed by atoms with E-state index in [-0.39, 0.29) is 6.04 Å². The second-order valence-corrected chi connectivity index (χ2v) is 6.17. The largest absolute Gasteiger partial charge is 0.478 e. The lowest BCUT2D eigenvalue weighted by molar-refractivity contribution is -0.134. The van der Waals surface area contributed by atoms with Crippen LogP contribution in [0.4, 0.5) is 0 Å². The van der Waals surface area contributed by atoms with Crippen LogP contribution in [0.25, 0.3) is 11.3 Å². The van der Waals surface area contributed by atoms with Gasteiger partial charge in [0.15, 0.2) is 0 Å². The highest BCUT2D eigenvalue weighted by Crippen LogP contribution is 2.37. The fourth-order valence-corrected chi connectivity index (χ4v) is 2.86. The molecular formula is C19H22N2O4. The zero-order chi connectivity index (χ0) is 18.6. The smallest absolute Gasteiger partial charge is 0.328 e. The molecule has 2 aromatic rings. The quantitative estimate of drug-likeness (QED) is 0.632. The fourth-order valence-electron chi connectivity index (χ4n) is 2.86. The van der Waals surface area contributed by atoms with Crippen LogP contribution >= 0.6 is 0 Å². The second kappa shape index (κ2) is 7.81. The number of aryl methyl sites for hydroxylation is 1. The van der Waals surface area contributed by atoms with E-state index in [1.807, 2.05) is 0 Å². The van der Waals surface area contributed by atoms with E-state index in [1.54, 1.807) is 0 Å². The average Bonchev–Trinajstić information content (AvgIpc) is 3.05. The van der Waals surface area contributed by atoms with Crippen LogP contribution in [0, 0.1) is 6.92 Å². The number of benzene rings is 1. The Hall–Kier alpha value is -2.86. The van der Waals surface area contributed by atoms with Gasteiger partial charge in [-0.1, -0.05) is 17.7 Å². The van der Waals surface area contributed by atoms with Gasteiger partial charge < -0.3 is 20.5 Å². The lowest BCUT2D eigenvalue weighted by atomic mass is 10.1. The van der Waals surface area contributed by atoms with Gasteiger partial charge in [0.25, 0.3) is 0 Å². The van der Waals surface area contributed by atoms with Crippen LogP contribution < -0.4 is 5.73 Å². The first kappa shape index (κ1) is 18.5. The summed E-state index contributed by atoms with van der Waals surface area (Å²) in [5.74, 6) is -2.51. The third kappa shape index (κ3) is 4.81. The molecule has 1 aromatic carbocycles. The van der Waals surface area contributed by atoms with Gasteiger partial charge in [-0.15, -0.1) is 0 Å². The zero-order valence-corrected chi connectivity index (χ0v) is 14.3. The standard InChI is InChI=1S/C15H18N2.C4H4O4/c1-10-3-4-12-8-13-5-6-17(9-11(2)16)15(13)14(12)7-10;5-3(6)1-2-4(7)8/h3-7,11H,8-9,16H2,1-2H3;1-2H,(H,5,6)(H,7,8)/b;2-1+/t11-;/m0./s1. The van der Waals surface area contributed by atoms with E-state index in [4.69, 9.17) is 15.9 Å². The van der Waals surface area contributed by atoms with Crippen LogP contribution in [0.5, 0.6) is 0 Å². The molecule has 0 amide bonds. The van der Waals surface area contributed by atoms with Crippen molar-refractivity contribution < 1.29 is 19.8 Å². The summed E-state index contributed by atoms with van der Waals surface area (Å²) in [4.78, 5) is 19.1. The summed E-state index contributed by atoms with van der Waals surface area (Å²) in [7, 11) is 0. The minimum Gasteiger partial charge on any atom is -0.478 e. The SMILES string of the molecule is Cc1ccc2c(c1)-c1c(ccn1C[C@H](C)N)C2.O=C(O)/C=C/C(=O)O. The number of carboxylic acids is 2. The summed E-state index contributed by atoms with van der Waals surface area (Å²) in [6, 6.07) is 9.16. The maximum atomic E-state index is 9.55. The normalized spacial score (nSPS) is 12.9. The predicted octanol–water partition coefficient (Wildman–Crippen LogP) is 2.43. The molecule has 0 radical (unpaired) electrons. The number of hydrogen-bond acceptors (Lipinski definition) is 3. The fraction of sp³-hybridized carbons (Fsp3) is 0.263. The summed E-state index contributed by atoms with van der Waals surface area (Å²) in [5, 5.41) is 15.6. The number of carbonyl (C=O) groups is 2. The van der Waals surface area contributed by atoms with E-state index in [0.29, 0.717) is 12.2 Å². The number of fused-ring (bicyclic) bond motifs is 3. The van der Waals surface area contributed by atoms with Crippen molar-refractivity contribution in [3.05, 3.63) is 59.3 Å². The third-order valence-electron chi connectivity index (χ3n) is 3.80. The number of aliphatic carboxylic acids is 2. The van der Waals surface area contributed by atoms with Gasteiger partial charge in [0.05, 0.1) is 5.69 Å². The Morgan fingerprint density at radius 1 is 1.20 bits per heavy atom. The molecule has 0 fully saturated rings. The van der Waals surface area contributed by atoms with Crippen LogP contribution in [0.1, 0.15) is 23.6 Å². The molecule has 1 aromatic heterocycles. The molecule has 1 atom stereocenters. The summed E-state index contributed by atoms with van der Waals surface area (Å²) >= 11 is 0.